The minimum atomic E-state index is -1.08. The highest BCUT2D eigenvalue weighted by atomic mass is 16.5. The van der Waals surface area contributed by atoms with Crippen LogP contribution in [0.3, 0.4) is 0 Å². The average Bonchev–Trinajstić information content (AvgIpc) is 2.92. The maximum absolute atomic E-state index is 13.2. The molecule has 0 spiro atoms. The van der Waals surface area contributed by atoms with E-state index in [2.05, 4.69) is 0 Å². The number of hydrogen-bond donors (Lipinski definition) is 0. The average molecular weight is 471 g/mol. The molecule has 4 heteroatoms. The Morgan fingerprint density at radius 2 is 1.66 bits per heavy atom. The maximum atomic E-state index is 13.2. The monoisotopic (exact) mass is 470 g/mol. The van der Waals surface area contributed by atoms with E-state index >= 15 is 0 Å². The van der Waals surface area contributed by atoms with Gasteiger partial charge in [0.05, 0.1) is 12.0 Å². The molecule has 4 nitrogen and oxygen atoms in total. The van der Waals surface area contributed by atoms with Gasteiger partial charge in [-0.2, -0.15) is 0 Å². The fraction of sp³-hybridized carbons (Fsp3) is 0.387. The minimum Gasteiger partial charge on any atom is -0.460 e. The number of ketones is 2. The first-order valence-electron chi connectivity index (χ1n) is 12.8. The van der Waals surface area contributed by atoms with Crippen molar-refractivity contribution in [2.45, 2.75) is 63.7 Å². The number of carbonyl (C=O) groups excluding carboxylic acids is 3. The van der Waals surface area contributed by atoms with Gasteiger partial charge >= 0.3 is 5.97 Å². The van der Waals surface area contributed by atoms with Gasteiger partial charge in [-0.15, -0.1) is 0 Å². The Labute approximate surface area is 208 Å². The first-order valence-corrected chi connectivity index (χ1v) is 12.8. The van der Waals surface area contributed by atoms with Crippen LogP contribution in [0.2, 0.25) is 0 Å². The molecule has 2 aliphatic rings. The quantitative estimate of drug-likeness (QED) is 0.234. The van der Waals surface area contributed by atoms with Gasteiger partial charge in [-0.3, -0.25) is 9.59 Å². The first-order chi connectivity index (χ1) is 17.0. The molecule has 1 unspecified atom stereocenters. The van der Waals surface area contributed by atoms with Crippen LogP contribution in [0.1, 0.15) is 79.8 Å². The molecular weight excluding hydrogens is 436 g/mol. The molecule has 2 aromatic carbocycles. The summed E-state index contributed by atoms with van der Waals surface area (Å²) in [6, 6.07) is 17.1. The summed E-state index contributed by atoms with van der Waals surface area (Å²) in [7, 11) is 0. The van der Waals surface area contributed by atoms with Gasteiger partial charge in [0.1, 0.15) is 0 Å². The minimum absolute atomic E-state index is 0.159. The summed E-state index contributed by atoms with van der Waals surface area (Å²) in [4.78, 5) is 38.2. The van der Waals surface area contributed by atoms with Crippen LogP contribution in [-0.4, -0.2) is 24.1 Å². The van der Waals surface area contributed by atoms with Crippen LogP contribution in [0, 0.1) is 5.92 Å². The Morgan fingerprint density at radius 1 is 0.943 bits per heavy atom. The lowest BCUT2D eigenvalue weighted by Crippen LogP contribution is -2.40. The van der Waals surface area contributed by atoms with Crippen molar-refractivity contribution in [1.29, 1.82) is 0 Å². The highest BCUT2D eigenvalue weighted by Gasteiger charge is 2.42. The molecule has 1 fully saturated rings. The van der Waals surface area contributed by atoms with E-state index in [-0.39, 0.29) is 12.4 Å². The zero-order chi connectivity index (χ0) is 24.7. The highest BCUT2D eigenvalue weighted by molar-refractivity contribution is 6.38. The van der Waals surface area contributed by atoms with Gasteiger partial charge in [0.15, 0.2) is 5.78 Å². The van der Waals surface area contributed by atoms with E-state index in [0.717, 1.165) is 28.7 Å². The largest absolute Gasteiger partial charge is 0.460 e. The maximum Gasteiger partial charge on any atom is 0.375 e. The molecule has 0 heterocycles. The molecule has 0 amide bonds. The predicted molar refractivity (Wildman–Crippen MR) is 138 cm³/mol. The topological polar surface area (TPSA) is 60.4 Å². The number of allylic oxidation sites excluding steroid dienone is 4. The highest BCUT2D eigenvalue weighted by Crippen LogP contribution is 2.38. The Hall–Kier alpha value is -3.27. The van der Waals surface area contributed by atoms with Crippen molar-refractivity contribution in [3.05, 3.63) is 89.5 Å². The summed E-state index contributed by atoms with van der Waals surface area (Å²) in [5.74, 6) is -0.463. The number of carbonyl (C=O) groups is 3. The van der Waals surface area contributed by atoms with E-state index in [0.29, 0.717) is 18.8 Å². The van der Waals surface area contributed by atoms with Crippen molar-refractivity contribution in [2.24, 2.45) is 5.92 Å². The second-order valence-electron chi connectivity index (χ2n) is 9.63. The van der Waals surface area contributed by atoms with Gasteiger partial charge in [0, 0.05) is 12.0 Å². The lowest BCUT2D eigenvalue weighted by molar-refractivity contribution is -0.155. The van der Waals surface area contributed by atoms with E-state index in [1.165, 1.54) is 32.1 Å². The predicted octanol–water partition coefficient (Wildman–Crippen LogP) is 6.64. The van der Waals surface area contributed by atoms with Crippen LogP contribution in [0.15, 0.2) is 72.8 Å². The van der Waals surface area contributed by atoms with Crippen molar-refractivity contribution in [1.82, 2.24) is 0 Å². The van der Waals surface area contributed by atoms with E-state index in [1.807, 2.05) is 72.8 Å². The number of ether oxygens (including phenoxy) is 1. The molecule has 182 valence electrons. The molecule has 1 atom stereocenters. The van der Waals surface area contributed by atoms with E-state index in [1.54, 1.807) is 6.92 Å². The number of benzene rings is 2. The molecule has 0 bridgehead atoms. The molecule has 0 radical (unpaired) electrons. The second kappa shape index (κ2) is 11.4. The first kappa shape index (κ1) is 24.8. The zero-order valence-electron chi connectivity index (χ0n) is 20.5. The van der Waals surface area contributed by atoms with Gasteiger partial charge in [0.25, 0.3) is 5.78 Å². The third kappa shape index (κ3) is 5.70. The molecule has 0 aromatic heterocycles. The molecule has 1 saturated carbocycles. The van der Waals surface area contributed by atoms with Gasteiger partial charge in [-0.25, -0.2) is 4.79 Å². The number of Topliss-reactive ketones (excluding diaryl/α,β-unsaturated/α-hetero) is 2. The third-order valence-electron chi connectivity index (χ3n) is 7.39. The van der Waals surface area contributed by atoms with E-state index < -0.39 is 17.2 Å². The number of hydrogen-bond acceptors (Lipinski definition) is 4. The lowest BCUT2D eigenvalue weighted by atomic mass is 9.70. The Morgan fingerprint density at radius 3 is 2.29 bits per heavy atom. The normalized spacial score (nSPS) is 20.2. The molecule has 2 aliphatic carbocycles. The van der Waals surface area contributed by atoms with Crippen molar-refractivity contribution in [3.8, 4) is 0 Å². The summed E-state index contributed by atoms with van der Waals surface area (Å²) < 4.78 is 5.03. The molecule has 0 N–H and O–H groups in total. The molecule has 0 aliphatic heterocycles. The van der Waals surface area contributed by atoms with Crippen molar-refractivity contribution >= 4 is 23.1 Å². The van der Waals surface area contributed by atoms with Crippen LogP contribution in [-0.2, 0) is 19.7 Å². The van der Waals surface area contributed by atoms with E-state index in [4.69, 9.17) is 4.74 Å². The molecular formula is C31H34O4. The van der Waals surface area contributed by atoms with Crippen LogP contribution >= 0.6 is 0 Å². The fourth-order valence-electron chi connectivity index (χ4n) is 5.28. The van der Waals surface area contributed by atoms with Crippen LogP contribution in [0.5, 0.6) is 0 Å². The Bertz CT molecular complexity index is 1100. The standard InChI is InChI=1S/C31H34O4/c1-2-35-30(34)29(33)31(27-11-7-4-8-12-27)21-19-25(20-22-31)24-14-16-26(17-15-24)28(32)18-13-23-9-5-3-6-10-23/h4,7-8,11-12,14-17,19-21,23H,2-3,5-6,9-10,13,18,22H2,1H3. The Kier molecular flexibility index (Phi) is 8.12. The summed E-state index contributed by atoms with van der Waals surface area (Å²) in [5.41, 5.74) is 2.39. The van der Waals surface area contributed by atoms with Crippen molar-refractivity contribution in [3.63, 3.8) is 0 Å². The summed E-state index contributed by atoms with van der Waals surface area (Å²) >= 11 is 0. The van der Waals surface area contributed by atoms with Crippen molar-refractivity contribution < 1.29 is 19.1 Å². The lowest BCUT2D eigenvalue weighted by Gasteiger charge is -2.30. The number of esters is 1. The molecule has 4 rings (SSSR count). The molecule has 0 saturated heterocycles. The SMILES string of the molecule is CCOC(=O)C(=O)C1(c2ccccc2)C=CC(c2ccc(C(=O)CCC3CCCCC3)cc2)=CC1. The van der Waals surface area contributed by atoms with Crippen molar-refractivity contribution in [2.75, 3.05) is 6.61 Å². The summed E-state index contributed by atoms with van der Waals surface area (Å²) in [6.07, 6.45) is 14.1. The molecule has 2 aromatic rings. The smallest absolute Gasteiger partial charge is 0.375 e. The number of rotatable bonds is 9. The summed E-state index contributed by atoms with van der Waals surface area (Å²) in [5, 5.41) is 0. The van der Waals surface area contributed by atoms with Crippen LogP contribution in [0.25, 0.3) is 5.57 Å². The van der Waals surface area contributed by atoms with Gasteiger partial charge < -0.3 is 4.74 Å². The second-order valence-corrected chi connectivity index (χ2v) is 9.63. The zero-order valence-corrected chi connectivity index (χ0v) is 20.5. The van der Waals surface area contributed by atoms with Crippen LogP contribution in [0.4, 0.5) is 0 Å². The molecule has 35 heavy (non-hydrogen) atoms. The third-order valence-corrected chi connectivity index (χ3v) is 7.39. The summed E-state index contributed by atoms with van der Waals surface area (Å²) in [6.45, 7) is 1.85. The Balaban J connectivity index is 1.47. The fourth-order valence-corrected chi connectivity index (χ4v) is 5.28. The van der Waals surface area contributed by atoms with Crippen LogP contribution < -0.4 is 0 Å². The van der Waals surface area contributed by atoms with Gasteiger partial charge in [-0.1, -0.05) is 105 Å². The van der Waals surface area contributed by atoms with E-state index in [9.17, 15) is 14.4 Å². The van der Waals surface area contributed by atoms with Gasteiger partial charge in [-0.05, 0) is 42.4 Å². The van der Waals surface area contributed by atoms with Gasteiger partial charge in [0.2, 0.25) is 0 Å².